The Morgan fingerprint density at radius 2 is 0.786 bits per heavy atom. The van der Waals surface area contributed by atoms with Gasteiger partial charge in [-0.3, -0.25) is 9.11 Å². The Kier molecular flexibility index (Phi) is 26.8. The summed E-state index contributed by atoms with van der Waals surface area (Å²) in [6.07, 6.45) is 20.3. The summed E-state index contributed by atoms with van der Waals surface area (Å²) < 4.78 is 62.5. The molecule has 0 aliphatic carbocycles. The molecule has 0 heterocycles. The Hall–Kier alpha value is 0.780. The van der Waals surface area contributed by atoms with Crippen molar-refractivity contribution in [3.63, 3.8) is 0 Å². The summed E-state index contributed by atoms with van der Waals surface area (Å²) in [4.78, 5) is 0. The van der Waals surface area contributed by atoms with E-state index in [4.69, 9.17) is 22.1 Å². The van der Waals surface area contributed by atoms with Gasteiger partial charge in [-0.05, 0) is 6.42 Å². The predicted octanol–water partition coefficient (Wildman–Crippen LogP) is 2.14. The van der Waals surface area contributed by atoms with Crippen LogP contribution in [0.25, 0.3) is 0 Å². The number of unbranched alkanes of at least 4 members (excludes halogenated alkanes) is 15. The third-order valence-electron chi connectivity index (χ3n) is 4.26. The van der Waals surface area contributed by atoms with Gasteiger partial charge in [-0.2, -0.15) is 8.42 Å². The van der Waals surface area contributed by atoms with Crippen molar-refractivity contribution in [1.82, 2.24) is 0 Å². The third kappa shape index (κ3) is 45.5. The molecule has 0 atom stereocenters. The zero-order valence-corrected chi connectivity index (χ0v) is 21.4. The number of rotatable bonds is 17. The third-order valence-corrected chi connectivity index (χ3v) is 5.06. The van der Waals surface area contributed by atoms with Crippen LogP contribution in [0.3, 0.4) is 0 Å². The van der Waals surface area contributed by atoms with Crippen LogP contribution in [0.5, 0.6) is 0 Å². The zero-order chi connectivity index (χ0) is 21.0. The van der Waals surface area contributed by atoms with E-state index in [9.17, 15) is 8.42 Å². The minimum atomic E-state index is -4.92. The summed E-state index contributed by atoms with van der Waals surface area (Å²) in [5.41, 5.74) is 0. The molecule has 0 unspecified atom stereocenters. The Labute approximate surface area is 195 Å². The summed E-state index contributed by atoms with van der Waals surface area (Å²) in [5.74, 6) is -0.0779. The predicted molar refractivity (Wildman–Crippen MR) is 108 cm³/mol. The fraction of sp³-hybridized carbons (Fsp3) is 1.00. The van der Waals surface area contributed by atoms with Gasteiger partial charge in [0, 0.05) is 0 Å². The average Bonchev–Trinajstić information content (AvgIpc) is 2.52. The van der Waals surface area contributed by atoms with E-state index in [-0.39, 0.29) is 35.3 Å². The van der Waals surface area contributed by atoms with Gasteiger partial charge < -0.3 is 4.55 Å². The molecule has 0 rings (SSSR count). The van der Waals surface area contributed by atoms with E-state index in [1.807, 2.05) is 0 Å². The monoisotopic (exact) mass is 454 g/mol. The quantitative estimate of drug-likeness (QED) is 0.149. The topological polar surface area (TPSA) is 132 Å². The molecular formula is C18H39NaO7S2. The van der Waals surface area contributed by atoms with Crippen LogP contribution < -0.4 is 29.6 Å². The number of hydrogen-bond donors (Lipinski definition) is 2. The van der Waals surface area contributed by atoms with E-state index in [2.05, 4.69) is 6.92 Å². The van der Waals surface area contributed by atoms with Gasteiger partial charge in [-0.1, -0.05) is 103 Å². The van der Waals surface area contributed by atoms with Crippen molar-refractivity contribution in [1.29, 1.82) is 0 Å². The fourth-order valence-corrected chi connectivity index (χ4v) is 3.40. The summed E-state index contributed by atoms with van der Waals surface area (Å²) in [6, 6.07) is 0. The Morgan fingerprint density at radius 3 is 1.00 bits per heavy atom. The molecule has 28 heavy (non-hydrogen) atoms. The minimum absolute atomic E-state index is 0. The molecule has 0 aliphatic heterocycles. The van der Waals surface area contributed by atoms with Crippen LogP contribution in [0.4, 0.5) is 0 Å². The zero-order valence-electron chi connectivity index (χ0n) is 17.8. The summed E-state index contributed by atoms with van der Waals surface area (Å²) >= 11 is 0. The Bertz CT molecular complexity index is 500. The van der Waals surface area contributed by atoms with Crippen molar-refractivity contribution >= 4 is 20.5 Å². The molecule has 0 fully saturated rings. The summed E-state index contributed by atoms with van der Waals surface area (Å²) in [5, 5.41) is 0. The second kappa shape index (κ2) is 22.5. The van der Waals surface area contributed by atoms with E-state index in [0.29, 0.717) is 6.42 Å². The van der Waals surface area contributed by atoms with E-state index in [1.165, 1.54) is 83.5 Å². The van der Waals surface area contributed by atoms with Gasteiger partial charge in [-0.25, -0.2) is 8.42 Å². The smallest absolute Gasteiger partial charge is 0.726 e. The average molecular weight is 455 g/mol. The van der Waals surface area contributed by atoms with Crippen molar-refractivity contribution in [2.75, 3.05) is 5.75 Å². The molecule has 0 amide bonds. The first kappa shape index (κ1) is 33.4. The molecule has 0 saturated heterocycles. The first-order valence-electron chi connectivity index (χ1n) is 10.2. The molecule has 0 aromatic heterocycles. The molecule has 0 bridgehead atoms. The van der Waals surface area contributed by atoms with Crippen molar-refractivity contribution in [2.24, 2.45) is 0 Å². The van der Waals surface area contributed by atoms with Gasteiger partial charge in [0.05, 0.1) is 5.75 Å². The second-order valence-electron chi connectivity index (χ2n) is 7.02. The van der Waals surface area contributed by atoms with Crippen LogP contribution in [0.15, 0.2) is 0 Å². The minimum Gasteiger partial charge on any atom is -0.726 e. The molecule has 0 aromatic rings. The maximum atomic E-state index is 10.5. The first-order valence-corrected chi connectivity index (χ1v) is 13.2. The van der Waals surface area contributed by atoms with E-state index in [0.717, 1.165) is 12.8 Å². The van der Waals surface area contributed by atoms with Crippen molar-refractivity contribution in [3.8, 4) is 0 Å². The van der Waals surface area contributed by atoms with Gasteiger partial charge in [0.15, 0.2) is 0 Å². The SMILES string of the molecule is CCCCCCCCCCCCCCCCCCS(=O)(=O)O.O=S(=O)([O-])O.[Na+]. The van der Waals surface area contributed by atoms with Crippen LogP contribution in [0.1, 0.15) is 110 Å². The van der Waals surface area contributed by atoms with Crippen molar-refractivity contribution in [2.45, 2.75) is 110 Å². The van der Waals surface area contributed by atoms with Gasteiger partial charge in [0.1, 0.15) is 0 Å². The molecule has 2 N–H and O–H groups in total. The molecule has 166 valence electrons. The Morgan fingerprint density at radius 1 is 0.571 bits per heavy atom. The molecule has 0 saturated carbocycles. The molecule has 7 nitrogen and oxygen atoms in total. The molecule has 0 radical (unpaired) electrons. The first-order chi connectivity index (χ1) is 12.6. The van der Waals surface area contributed by atoms with Crippen LogP contribution in [0.2, 0.25) is 0 Å². The van der Waals surface area contributed by atoms with E-state index < -0.39 is 20.5 Å². The van der Waals surface area contributed by atoms with Gasteiger partial charge in [-0.15, -0.1) is 0 Å². The van der Waals surface area contributed by atoms with Crippen LogP contribution in [-0.2, 0) is 20.5 Å². The standard InChI is InChI=1S/C18H38O3S.Na.H2O4S/c1-2-3-4-5-6-7-8-9-10-11-12-13-14-15-16-17-18-22(19,20)21;;1-5(2,3)4/h2-18H2,1H3,(H,19,20,21);;(H2,1,2,3,4)/q;+1;/p-1. The Balaban J connectivity index is -0.000000918. The molecule has 0 spiro atoms. The number of hydrogen-bond acceptors (Lipinski definition) is 5. The van der Waals surface area contributed by atoms with E-state index >= 15 is 0 Å². The van der Waals surface area contributed by atoms with Crippen LogP contribution >= 0.6 is 0 Å². The van der Waals surface area contributed by atoms with Crippen molar-refractivity contribution in [3.05, 3.63) is 0 Å². The van der Waals surface area contributed by atoms with Gasteiger partial charge in [0.25, 0.3) is 10.1 Å². The fourth-order valence-electron chi connectivity index (χ4n) is 2.83. The van der Waals surface area contributed by atoms with Gasteiger partial charge in [0.2, 0.25) is 10.4 Å². The maximum Gasteiger partial charge on any atom is 1.00 e. The molecule has 0 aliphatic rings. The molecule has 10 heteroatoms. The maximum absolute atomic E-state index is 10.5. The van der Waals surface area contributed by atoms with Crippen LogP contribution in [0, 0.1) is 0 Å². The largest absolute Gasteiger partial charge is 1.00 e. The van der Waals surface area contributed by atoms with Gasteiger partial charge >= 0.3 is 29.6 Å². The summed E-state index contributed by atoms with van der Waals surface area (Å²) in [7, 11) is -8.66. The van der Waals surface area contributed by atoms with Crippen LogP contribution in [-0.4, -0.2) is 36.2 Å². The van der Waals surface area contributed by atoms with E-state index in [1.54, 1.807) is 0 Å². The molecular weight excluding hydrogens is 415 g/mol. The second-order valence-corrected chi connectivity index (χ2v) is 9.44. The normalized spacial score (nSPS) is 11.4. The van der Waals surface area contributed by atoms with Crippen molar-refractivity contribution < 1.29 is 60.1 Å². The molecule has 0 aromatic carbocycles. The summed E-state index contributed by atoms with van der Waals surface area (Å²) in [6.45, 7) is 2.26.